The van der Waals surface area contributed by atoms with Crippen LogP contribution in [-0.4, -0.2) is 46.4 Å². The molecule has 0 saturated carbocycles. The van der Waals surface area contributed by atoms with E-state index in [9.17, 15) is 22.8 Å². The van der Waals surface area contributed by atoms with Crippen molar-refractivity contribution in [2.75, 3.05) is 25.0 Å². The second kappa shape index (κ2) is 10.9. The molecule has 0 bridgehead atoms. The Hall–Kier alpha value is -3.73. The van der Waals surface area contributed by atoms with E-state index in [1.54, 1.807) is 37.3 Å². The van der Waals surface area contributed by atoms with Crippen LogP contribution in [0.1, 0.15) is 41.7 Å². The van der Waals surface area contributed by atoms with Crippen LogP contribution in [0.15, 0.2) is 53.1 Å². The lowest BCUT2D eigenvalue weighted by Gasteiger charge is -2.30. The van der Waals surface area contributed by atoms with Gasteiger partial charge in [-0.1, -0.05) is 18.2 Å². The van der Waals surface area contributed by atoms with Crippen molar-refractivity contribution in [1.82, 2.24) is 14.9 Å². The van der Waals surface area contributed by atoms with Crippen LogP contribution < -0.4 is 5.32 Å². The summed E-state index contributed by atoms with van der Waals surface area (Å²) in [6, 6.07) is 11.3. The molecule has 1 aliphatic rings. The van der Waals surface area contributed by atoms with Gasteiger partial charge in [0, 0.05) is 12.1 Å². The van der Waals surface area contributed by atoms with Crippen LogP contribution in [-0.2, 0) is 22.3 Å². The molecule has 1 aromatic carbocycles. The van der Waals surface area contributed by atoms with Crippen molar-refractivity contribution in [2.24, 2.45) is 5.92 Å². The van der Waals surface area contributed by atoms with Crippen molar-refractivity contribution in [3.8, 4) is 11.5 Å². The molecule has 1 N–H and O–H groups in total. The van der Waals surface area contributed by atoms with Crippen molar-refractivity contribution in [3.63, 3.8) is 0 Å². The fourth-order valence-electron chi connectivity index (χ4n) is 3.97. The fraction of sp³-hybridized carbons (Fsp3) is 0.360. The normalized spacial score (nSPS) is 15.0. The van der Waals surface area contributed by atoms with E-state index in [-0.39, 0.29) is 23.5 Å². The lowest BCUT2D eigenvalue weighted by Crippen LogP contribution is -2.36. The Labute approximate surface area is 205 Å². The number of nitrogens with one attached hydrogen (secondary N) is 1. The van der Waals surface area contributed by atoms with Gasteiger partial charge < -0.3 is 14.5 Å². The highest BCUT2D eigenvalue weighted by molar-refractivity contribution is 6.03. The molecule has 1 fully saturated rings. The number of anilines is 1. The third-order valence-electron chi connectivity index (χ3n) is 5.80. The number of nitrogens with zero attached hydrogens (tertiary/aromatic N) is 3. The van der Waals surface area contributed by atoms with Crippen LogP contribution in [0.4, 0.5) is 18.9 Å². The molecule has 0 unspecified atom stereocenters. The fourth-order valence-corrected chi connectivity index (χ4v) is 3.97. The molecule has 2 aromatic heterocycles. The number of carbonyl (C=O) groups excluding carboxylic acids is 2. The predicted molar refractivity (Wildman–Crippen MR) is 124 cm³/mol. The maximum Gasteiger partial charge on any atom is 0.452 e. The number of likely N-dealkylation sites (tertiary alicyclic amines) is 1. The molecule has 1 saturated heterocycles. The van der Waals surface area contributed by atoms with Gasteiger partial charge in [-0.15, -0.1) is 0 Å². The number of alkyl halides is 3. The summed E-state index contributed by atoms with van der Waals surface area (Å²) < 4.78 is 50.5. The quantitative estimate of drug-likeness (QED) is 0.464. The smallest absolute Gasteiger partial charge is 0.452 e. The maximum absolute atomic E-state index is 13.5. The average molecular weight is 502 g/mol. The Kier molecular flexibility index (Phi) is 7.68. The number of hydrogen-bond acceptors (Lipinski definition) is 7. The van der Waals surface area contributed by atoms with E-state index in [1.165, 1.54) is 18.3 Å². The number of pyridine rings is 1. The highest BCUT2D eigenvalue weighted by Crippen LogP contribution is 2.35. The molecule has 11 heteroatoms. The number of piperidine rings is 1. The number of aromatic nitrogens is 2. The Morgan fingerprint density at radius 2 is 1.86 bits per heavy atom. The van der Waals surface area contributed by atoms with Crippen LogP contribution >= 0.6 is 0 Å². The molecule has 0 aliphatic carbocycles. The zero-order valence-corrected chi connectivity index (χ0v) is 19.5. The number of ether oxygens (including phenoxy) is 1. The summed E-state index contributed by atoms with van der Waals surface area (Å²) >= 11 is 0. The summed E-state index contributed by atoms with van der Waals surface area (Å²) in [7, 11) is 0. The Balaban J connectivity index is 1.39. The highest BCUT2D eigenvalue weighted by Gasteiger charge is 2.42. The zero-order valence-electron chi connectivity index (χ0n) is 19.5. The number of rotatable bonds is 7. The largest absolute Gasteiger partial charge is 0.466 e. The summed E-state index contributed by atoms with van der Waals surface area (Å²) in [6.45, 7) is 4.15. The number of hydrogen-bond donors (Lipinski definition) is 1. The van der Waals surface area contributed by atoms with Crippen molar-refractivity contribution < 1.29 is 31.9 Å². The molecule has 3 heterocycles. The summed E-state index contributed by atoms with van der Waals surface area (Å²) in [5, 5.41) is 2.41. The van der Waals surface area contributed by atoms with Gasteiger partial charge in [0.1, 0.15) is 0 Å². The number of oxazole rings is 1. The molecule has 190 valence electrons. The van der Waals surface area contributed by atoms with Crippen LogP contribution in [0.3, 0.4) is 0 Å². The van der Waals surface area contributed by atoms with Crippen molar-refractivity contribution in [3.05, 3.63) is 65.8 Å². The molecule has 36 heavy (non-hydrogen) atoms. The maximum atomic E-state index is 13.5. The first-order valence-corrected chi connectivity index (χ1v) is 11.5. The molecule has 8 nitrogen and oxygen atoms in total. The molecule has 0 atom stereocenters. The van der Waals surface area contributed by atoms with Gasteiger partial charge in [0.25, 0.3) is 5.91 Å². The first-order chi connectivity index (χ1) is 17.2. The number of carbonyl (C=O) groups is 2. The van der Waals surface area contributed by atoms with Crippen molar-refractivity contribution >= 4 is 17.6 Å². The summed E-state index contributed by atoms with van der Waals surface area (Å²) in [5.41, 5.74) is 0.419. The van der Waals surface area contributed by atoms with Crippen LogP contribution in [0, 0.1) is 5.92 Å². The minimum absolute atomic E-state index is 0.0905. The van der Waals surface area contributed by atoms with E-state index in [0.29, 0.717) is 31.6 Å². The summed E-state index contributed by atoms with van der Waals surface area (Å²) in [5.74, 6) is -3.06. The second-order valence-corrected chi connectivity index (χ2v) is 8.36. The Bertz CT molecular complexity index is 1190. The first-order valence-electron chi connectivity index (χ1n) is 11.5. The number of benzene rings is 1. The molecule has 4 rings (SSSR count). The van der Waals surface area contributed by atoms with Gasteiger partial charge in [-0.3, -0.25) is 19.5 Å². The minimum atomic E-state index is -4.89. The molecule has 0 spiro atoms. The van der Waals surface area contributed by atoms with E-state index in [4.69, 9.17) is 9.15 Å². The van der Waals surface area contributed by atoms with Crippen molar-refractivity contribution in [2.45, 2.75) is 32.5 Å². The number of amides is 1. The lowest BCUT2D eigenvalue weighted by atomic mass is 9.97. The van der Waals surface area contributed by atoms with Crippen molar-refractivity contribution in [1.29, 1.82) is 0 Å². The topological polar surface area (TPSA) is 97.6 Å². The van der Waals surface area contributed by atoms with Gasteiger partial charge in [0.05, 0.1) is 30.1 Å². The molecule has 1 amide bonds. The van der Waals surface area contributed by atoms with Crippen LogP contribution in [0.2, 0.25) is 0 Å². The molecule has 3 aromatic rings. The molecule has 0 radical (unpaired) electrons. The third-order valence-corrected chi connectivity index (χ3v) is 5.80. The SMILES string of the molecule is CCOC(=O)C1CCN(Cc2ccc(NC(=O)c3nc(-c4ccccc4)oc3C(F)(F)F)cn2)CC1. The molecular formula is C25H25F3N4O4. The average Bonchev–Trinajstić information content (AvgIpc) is 3.33. The van der Waals surface area contributed by atoms with E-state index < -0.39 is 23.5 Å². The second-order valence-electron chi connectivity index (χ2n) is 8.36. The van der Waals surface area contributed by atoms with Gasteiger partial charge in [-0.25, -0.2) is 4.98 Å². The van der Waals surface area contributed by atoms with Crippen LogP contribution in [0.25, 0.3) is 11.5 Å². The van der Waals surface area contributed by atoms with Gasteiger partial charge >= 0.3 is 12.1 Å². The molecule has 1 aliphatic heterocycles. The van der Waals surface area contributed by atoms with Gasteiger partial charge in [-0.2, -0.15) is 13.2 Å². The zero-order chi connectivity index (χ0) is 25.7. The van der Waals surface area contributed by atoms with Crippen LogP contribution in [0.5, 0.6) is 0 Å². The van der Waals surface area contributed by atoms with E-state index in [0.717, 1.165) is 18.8 Å². The standard InChI is InChI=1S/C25H25F3N4O4/c1-2-35-24(34)17-10-12-32(13-11-17)15-19-9-8-18(14-29-19)30-22(33)20-21(25(26,27)28)36-23(31-20)16-6-4-3-5-7-16/h3-9,14,17H,2,10-13,15H2,1H3,(H,30,33). The van der Waals surface area contributed by atoms with Gasteiger partial charge in [-0.05, 0) is 57.1 Å². The lowest BCUT2D eigenvalue weighted by molar-refractivity contribution is -0.153. The first kappa shape index (κ1) is 25.4. The van der Waals surface area contributed by atoms with Gasteiger partial charge in [0.15, 0.2) is 5.69 Å². The molecular weight excluding hydrogens is 477 g/mol. The Morgan fingerprint density at radius 3 is 2.47 bits per heavy atom. The Morgan fingerprint density at radius 1 is 1.14 bits per heavy atom. The monoisotopic (exact) mass is 502 g/mol. The van der Waals surface area contributed by atoms with Gasteiger partial charge in [0.2, 0.25) is 11.7 Å². The summed E-state index contributed by atoms with van der Waals surface area (Å²) in [4.78, 5) is 34.8. The highest BCUT2D eigenvalue weighted by atomic mass is 19.4. The van der Waals surface area contributed by atoms with E-state index in [2.05, 4.69) is 20.2 Å². The number of esters is 1. The van der Waals surface area contributed by atoms with E-state index in [1.807, 2.05) is 0 Å². The minimum Gasteiger partial charge on any atom is -0.466 e. The summed E-state index contributed by atoms with van der Waals surface area (Å²) in [6.07, 6.45) is -2.10. The predicted octanol–water partition coefficient (Wildman–Crippen LogP) is 4.78. The number of halogens is 3. The third kappa shape index (κ3) is 6.09. The van der Waals surface area contributed by atoms with E-state index >= 15 is 0 Å².